The molecule has 16 nitrogen and oxygen atoms in total. The zero-order valence-electron chi connectivity index (χ0n) is 41.9. The van der Waals surface area contributed by atoms with Gasteiger partial charge < -0.3 is 38.8 Å². The number of likely N-dealkylation sites (N-methyl/N-ethyl adjacent to an activating group) is 1. The second-order valence-corrected chi connectivity index (χ2v) is 19.3. The molecule has 67 heavy (non-hydrogen) atoms. The molecule has 2 aromatic rings. The first-order chi connectivity index (χ1) is 31.8. The Morgan fingerprint density at radius 3 is 2.42 bits per heavy atom. The molecule has 0 spiro atoms. The van der Waals surface area contributed by atoms with Crippen molar-refractivity contribution >= 4 is 58.0 Å². The Labute approximate surface area is 397 Å². The van der Waals surface area contributed by atoms with Crippen LogP contribution < -0.4 is 15.6 Å². The van der Waals surface area contributed by atoms with Gasteiger partial charge in [0.2, 0.25) is 17.7 Å². The van der Waals surface area contributed by atoms with E-state index in [1.165, 1.54) is 16.0 Å². The number of hydrazine groups is 1. The van der Waals surface area contributed by atoms with Crippen molar-refractivity contribution in [1.29, 1.82) is 0 Å². The van der Waals surface area contributed by atoms with Gasteiger partial charge in [0.15, 0.2) is 0 Å². The molecule has 0 saturated carbocycles. The zero-order valence-corrected chi connectivity index (χ0v) is 41.9. The number of benzene rings is 1. The molecule has 5 rings (SSSR count). The molecule has 3 fully saturated rings. The van der Waals surface area contributed by atoms with Gasteiger partial charge in [-0.3, -0.25) is 34.0 Å². The summed E-state index contributed by atoms with van der Waals surface area (Å²) in [5.41, 5.74) is 8.45. The number of anilines is 1. The number of ether oxygens (including phenoxy) is 3. The molecule has 6 atom stereocenters. The highest BCUT2D eigenvalue weighted by atomic mass is 16.5. The second-order valence-electron chi connectivity index (χ2n) is 19.3. The molecule has 3 aliphatic rings. The fourth-order valence-electron chi connectivity index (χ4n) is 9.69. The molecule has 0 bridgehead atoms. The number of likely N-dealkylation sites (tertiary alicyclic amines) is 1. The van der Waals surface area contributed by atoms with Crippen molar-refractivity contribution in [2.45, 2.75) is 125 Å². The molecule has 4 amide bonds. The number of aliphatic imine (C=N–C) groups is 1. The summed E-state index contributed by atoms with van der Waals surface area (Å²) in [5.74, 6) is -2.52. The van der Waals surface area contributed by atoms with Crippen molar-refractivity contribution in [3.63, 3.8) is 0 Å². The maximum absolute atomic E-state index is 13.9. The summed E-state index contributed by atoms with van der Waals surface area (Å²) < 4.78 is 20.1. The van der Waals surface area contributed by atoms with Crippen molar-refractivity contribution in [1.82, 2.24) is 30.1 Å². The third kappa shape index (κ3) is 12.2. The maximum atomic E-state index is 13.9. The number of amides is 4. The lowest BCUT2D eigenvalue weighted by atomic mass is 9.84. The number of fused-ring (bicyclic) bond motifs is 1. The monoisotopic (exact) mass is 929 g/mol. The molecule has 2 N–H and O–H groups in total. The molecule has 368 valence electrons. The van der Waals surface area contributed by atoms with Crippen molar-refractivity contribution in [3.05, 3.63) is 60.5 Å². The Morgan fingerprint density at radius 2 is 1.79 bits per heavy atom. The van der Waals surface area contributed by atoms with E-state index >= 15 is 0 Å². The van der Waals surface area contributed by atoms with Gasteiger partial charge in [0.05, 0.1) is 42.7 Å². The van der Waals surface area contributed by atoms with E-state index in [-0.39, 0.29) is 43.1 Å². The number of methoxy groups -OCH3 is 1. The van der Waals surface area contributed by atoms with Gasteiger partial charge in [0, 0.05) is 87.2 Å². The highest BCUT2D eigenvalue weighted by Crippen LogP contribution is 2.40. The summed E-state index contributed by atoms with van der Waals surface area (Å²) in [6.07, 6.45) is 6.72. The highest BCUT2D eigenvalue weighted by Gasteiger charge is 2.39. The van der Waals surface area contributed by atoms with E-state index in [1.807, 2.05) is 33.8 Å². The normalized spacial score (nSPS) is 21.0. The average molecular weight is 929 g/mol. The van der Waals surface area contributed by atoms with Crippen LogP contribution in [0.3, 0.4) is 0 Å². The number of aryl methyl sites for hydroxylation is 1. The SMILES string of the molecule is C=CC(=O)N1CC[C@H](C(=O)N(C)[C@H](C(=O)N[C@@H](C)C(=O)N2CCC[C@@H](C(=O)OCC(C)(C)Cc3c(/C(C=C)=C(/N=CC)[C@H](C)OC)n(CC)c4ccc(N5CCO[C@H](C)C5)cc34)N2)C(C)C)C1. The number of nitrogens with one attached hydrogen (secondary N) is 2. The summed E-state index contributed by atoms with van der Waals surface area (Å²) in [7, 11) is 3.26. The Bertz CT molecular complexity index is 2210. The molecule has 1 aromatic carbocycles. The summed E-state index contributed by atoms with van der Waals surface area (Å²) in [5, 5.41) is 5.30. The van der Waals surface area contributed by atoms with Gasteiger partial charge in [-0.1, -0.05) is 46.9 Å². The van der Waals surface area contributed by atoms with Crippen LogP contribution in [-0.4, -0.2) is 146 Å². The lowest BCUT2D eigenvalue weighted by Crippen LogP contribution is -2.61. The van der Waals surface area contributed by atoms with Crippen LogP contribution in [0, 0.1) is 17.3 Å². The molecule has 0 unspecified atom stereocenters. The van der Waals surface area contributed by atoms with Crippen LogP contribution in [0.1, 0.15) is 92.8 Å². The predicted octanol–water partition coefficient (Wildman–Crippen LogP) is 5.54. The first-order valence-electron chi connectivity index (χ1n) is 23.9. The van der Waals surface area contributed by atoms with Crippen LogP contribution in [0.2, 0.25) is 0 Å². The lowest BCUT2D eigenvalue weighted by Gasteiger charge is -2.36. The summed E-state index contributed by atoms with van der Waals surface area (Å²) in [4.78, 5) is 77.3. The molecule has 0 radical (unpaired) electrons. The van der Waals surface area contributed by atoms with Crippen molar-refractivity contribution in [2.24, 2.45) is 22.2 Å². The van der Waals surface area contributed by atoms with E-state index in [1.54, 1.807) is 32.2 Å². The van der Waals surface area contributed by atoms with E-state index in [9.17, 15) is 24.0 Å². The topological polar surface area (TPSA) is 167 Å². The highest BCUT2D eigenvalue weighted by molar-refractivity contribution is 5.96. The van der Waals surface area contributed by atoms with Gasteiger partial charge in [-0.2, -0.15) is 0 Å². The second kappa shape index (κ2) is 23.1. The summed E-state index contributed by atoms with van der Waals surface area (Å²) >= 11 is 0. The lowest BCUT2D eigenvalue weighted by molar-refractivity contribution is -0.155. The van der Waals surface area contributed by atoms with Crippen molar-refractivity contribution < 1.29 is 38.2 Å². The number of nitrogens with zero attached hydrogens (tertiary/aromatic N) is 6. The van der Waals surface area contributed by atoms with Crippen LogP contribution >= 0.6 is 0 Å². The molecule has 1 aromatic heterocycles. The van der Waals surface area contributed by atoms with E-state index in [0.717, 1.165) is 52.2 Å². The number of aromatic nitrogens is 1. The molecule has 0 aliphatic carbocycles. The molecular weight excluding hydrogens is 853 g/mol. The molecule has 3 saturated heterocycles. The number of carbonyl (C=O) groups excluding carboxylic acids is 5. The quantitative estimate of drug-likeness (QED) is 0.0791. The predicted molar refractivity (Wildman–Crippen MR) is 263 cm³/mol. The van der Waals surface area contributed by atoms with Crippen LogP contribution in [0.15, 0.2) is 54.2 Å². The standard InChI is InChI=1S/C51H76N8O8/c1-14-38(44(52-16-3)35(9)65-13)46-40(39-27-37(20-21-42(39)58(46)17-4)56-25-26-66-33(7)29-56)28-51(10,11)31-67-50(64)41-19-18-23-59(54-41)48(62)34(8)53-47(61)45(32(5)6)55(12)49(63)36-22-24-57(30-36)43(60)15-2/h14-16,20-21,27,32-36,41,45,54H,1-2,17-19,22-26,28-31H2,3-13H3,(H,53,61)/b44-38+,52-16?/t33-,34+,35+,36+,41+,45+/m1/s1. The number of esters is 1. The van der Waals surface area contributed by atoms with E-state index in [0.29, 0.717) is 51.9 Å². The first-order valence-corrected chi connectivity index (χ1v) is 23.9. The first kappa shape index (κ1) is 52.6. The minimum absolute atomic E-state index is 0.108. The van der Waals surface area contributed by atoms with Crippen LogP contribution in [0.25, 0.3) is 16.5 Å². The Balaban J connectivity index is 1.31. The third-order valence-corrected chi connectivity index (χ3v) is 13.2. The molecule has 3 aliphatic heterocycles. The van der Waals surface area contributed by atoms with Crippen molar-refractivity contribution in [3.8, 4) is 0 Å². The Hall–Kier alpha value is -5.32. The van der Waals surface area contributed by atoms with Crippen molar-refractivity contribution in [2.75, 3.05) is 65.0 Å². The number of rotatable bonds is 19. The van der Waals surface area contributed by atoms with Gasteiger partial charge in [-0.15, -0.1) is 0 Å². The fraction of sp³-hybridized carbons (Fsp3) is 0.608. The van der Waals surface area contributed by atoms with Gasteiger partial charge in [-0.05, 0) is 96.1 Å². The van der Waals surface area contributed by atoms with E-state index < -0.39 is 47.2 Å². The zero-order chi connectivity index (χ0) is 49.3. The molecule has 16 heteroatoms. The maximum Gasteiger partial charge on any atom is 0.324 e. The van der Waals surface area contributed by atoms with Crippen LogP contribution in [-0.2, 0) is 51.1 Å². The smallest absolute Gasteiger partial charge is 0.324 e. The van der Waals surface area contributed by atoms with E-state index in [2.05, 4.69) is 79.3 Å². The number of hydrogen-bond donors (Lipinski definition) is 2. The molecule has 4 heterocycles. The fourth-order valence-corrected chi connectivity index (χ4v) is 9.69. The van der Waals surface area contributed by atoms with Gasteiger partial charge in [-0.25, -0.2) is 5.43 Å². The number of hydrogen-bond acceptors (Lipinski definition) is 11. The third-order valence-electron chi connectivity index (χ3n) is 13.2. The van der Waals surface area contributed by atoms with Gasteiger partial charge in [0.1, 0.15) is 18.1 Å². The average Bonchev–Trinajstić information content (AvgIpc) is 3.92. The van der Waals surface area contributed by atoms with Crippen LogP contribution in [0.4, 0.5) is 5.69 Å². The van der Waals surface area contributed by atoms with Gasteiger partial charge in [0.25, 0.3) is 5.91 Å². The van der Waals surface area contributed by atoms with Crippen LogP contribution in [0.5, 0.6) is 0 Å². The minimum atomic E-state index is -0.956. The minimum Gasteiger partial charge on any atom is -0.464 e. The Kier molecular flexibility index (Phi) is 18.2. The summed E-state index contributed by atoms with van der Waals surface area (Å²) in [6, 6.07) is 4.05. The van der Waals surface area contributed by atoms with E-state index in [4.69, 9.17) is 19.2 Å². The number of morpholine rings is 1. The number of allylic oxidation sites excluding steroid dienone is 2. The molecular formula is C51H76N8O8. The van der Waals surface area contributed by atoms with Gasteiger partial charge >= 0.3 is 5.97 Å². The number of carbonyl (C=O) groups is 5. The summed E-state index contributed by atoms with van der Waals surface area (Å²) in [6.45, 7) is 29.4. The Morgan fingerprint density at radius 1 is 1.06 bits per heavy atom. The largest absolute Gasteiger partial charge is 0.464 e.